The van der Waals surface area contributed by atoms with E-state index >= 15 is 8.78 Å². The molecule has 2 fully saturated rings. The van der Waals surface area contributed by atoms with Crippen LogP contribution >= 0.6 is 0 Å². The van der Waals surface area contributed by atoms with Gasteiger partial charge in [0.15, 0.2) is 0 Å². The predicted molar refractivity (Wildman–Crippen MR) is 118 cm³/mol. The molecule has 0 unspecified atom stereocenters. The summed E-state index contributed by atoms with van der Waals surface area (Å²) in [6.07, 6.45) is 0.529. The second-order valence-electron chi connectivity index (χ2n) is 9.58. The summed E-state index contributed by atoms with van der Waals surface area (Å²) in [6, 6.07) is 10.1. The summed E-state index contributed by atoms with van der Waals surface area (Å²) in [4.78, 5) is 11.9. The average Bonchev–Trinajstić information content (AvgIpc) is 2.71. The number of aliphatic hydroxyl groups is 1. The maximum absolute atomic E-state index is 15.1. The van der Waals surface area contributed by atoms with Gasteiger partial charge in [0.1, 0.15) is 22.3 Å². The van der Waals surface area contributed by atoms with Gasteiger partial charge in [-0.3, -0.25) is 4.79 Å². The van der Waals surface area contributed by atoms with Gasteiger partial charge in [0.2, 0.25) is 10.0 Å². The first kappa shape index (κ1) is 23.8. The van der Waals surface area contributed by atoms with Crippen molar-refractivity contribution in [2.75, 3.05) is 0 Å². The molecule has 0 aromatic heterocycles. The van der Waals surface area contributed by atoms with Gasteiger partial charge in [-0.15, -0.1) is 0 Å². The fourth-order valence-electron chi connectivity index (χ4n) is 5.30. The Kier molecular flexibility index (Phi) is 5.87. The molecule has 4 rings (SSSR count). The van der Waals surface area contributed by atoms with Crippen molar-refractivity contribution in [3.63, 3.8) is 0 Å². The van der Waals surface area contributed by atoms with Crippen LogP contribution in [-0.2, 0) is 26.8 Å². The van der Waals surface area contributed by atoms with Crippen LogP contribution in [0.25, 0.3) is 0 Å². The van der Waals surface area contributed by atoms with Gasteiger partial charge >= 0.3 is 5.97 Å². The van der Waals surface area contributed by atoms with E-state index in [1.807, 2.05) is 0 Å². The molecule has 1 saturated heterocycles. The van der Waals surface area contributed by atoms with E-state index in [-0.39, 0.29) is 30.5 Å². The molecule has 33 heavy (non-hydrogen) atoms. The number of hydrogen-bond acceptors (Lipinski definition) is 4. The second kappa shape index (κ2) is 8.14. The lowest BCUT2D eigenvalue weighted by molar-refractivity contribution is -0.162. The van der Waals surface area contributed by atoms with Crippen molar-refractivity contribution < 1.29 is 32.2 Å². The minimum atomic E-state index is -3.84. The molecule has 2 aromatic carbocycles. The average molecular weight is 480 g/mol. The molecule has 2 aliphatic rings. The maximum atomic E-state index is 15.1. The Morgan fingerprint density at radius 3 is 2.33 bits per heavy atom. The number of carboxylic acid groups (broad SMARTS) is 1. The quantitative estimate of drug-likeness (QED) is 0.679. The molecule has 2 aromatic rings. The molecule has 0 amide bonds. The molecule has 1 aliphatic carbocycles. The molecule has 0 spiro atoms. The third kappa shape index (κ3) is 4.06. The Morgan fingerprint density at radius 1 is 1.12 bits per heavy atom. The number of halogens is 2. The standard InChI is InChI=1S/C24H27F2NO5S/c1-15-8-9-21(16-6-4-3-5-7-16)33(31,32)27(15)12-17-10-20(26)18(11-19(17)25)24(22(28)29)13-23(2,30)14-24/h3-7,10-11,15,21,30H,8-9,12-14H2,1-2H3,(H,28,29)/t15-,21+,23-,24-/m0/s1. The van der Waals surface area contributed by atoms with E-state index in [9.17, 15) is 23.4 Å². The number of nitrogens with zero attached hydrogens (tertiary/aromatic N) is 1. The highest BCUT2D eigenvalue weighted by Gasteiger charge is 2.58. The third-order valence-corrected chi connectivity index (χ3v) is 9.32. The van der Waals surface area contributed by atoms with E-state index in [0.717, 1.165) is 12.1 Å². The van der Waals surface area contributed by atoms with Crippen molar-refractivity contribution in [3.05, 3.63) is 70.8 Å². The first-order chi connectivity index (χ1) is 15.4. The smallest absolute Gasteiger partial charge is 0.314 e. The topological polar surface area (TPSA) is 94.9 Å². The van der Waals surface area contributed by atoms with E-state index in [4.69, 9.17) is 0 Å². The van der Waals surface area contributed by atoms with Crippen LogP contribution in [0, 0.1) is 11.6 Å². The number of aliphatic carboxylic acids is 1. The van der Waals surface area contributed by atoms with Gasteiger partial charge in [-0.25, -0.2) is 17.2 Å². The zero-order chi connectivity index (χ0) is 24.2. The lowest BCUT2D eigenvalue weighted by Crippen LogP contribution is -2.57. The van der Waals surface area contributed by atoms with Crippen molar-refractivity contribution >= 4 is 16.0 Å². The predicted octanol–water partition coefficient (Wildman–Crippen LogP) is 3.89. The summed E-state index contributed by atoms with van der Waals surface area (Å²) in [6.45, 7) is 2.83. The molecule has 6 nitrogen and oxygen atoms in total. The van der Waals surface area contributed by atoms with Crippen molar-refractivity contribution in [1.29, 1.82) is 0 Å². The minimum absolute atomic E-state index is 0.160. The molecule has 2 N–H and O–H groups in total. The molecule has 0 bridgehead atoms. The Labute approximate surface area is 191 Å². The van der Waals surface area contributed by atoms with E-state index in [0.29, 0.717) is 18.4 Å². The van der Waals surface area contributed by atoms with Gasteiger partial charge in [-0.2, -0.15) is 4.31 Å². The highest BCUT2D eigenvalue weighted by Crippen LogP contribution is 2.51. The van der Waals surface area contributed by atoms with Crippen LogP contribution in [0.2, 0.25) is 0 Å². The van der Waals surface area contributed by atoms with Gasteiger partial charge in [0, 0.05) is 23.7 Å². The highest BCUT2D eigenvalue weighted by molar-refractivity contribution is 7.89. The first-order valence-corrected chi connectivity index (χ1v) is 12.4. The van der Waals surface area contributed by atoms with Crippen molar-refractivity contribution in [2.24, 2.45) is 0 Å². The number of hydrogen-bond donors (Lipinski definition) is 2. The zero-order valence-electron chi connectivity index (χ0n) is 18.5. The highest BCUT2D eigenvalue weighted by atomic mass is 32.2. The second-order valence-corrected chi connectivity index (χ2v) is 11.6. The van der Waals surface area contributed by atoms with Crippen LogP contribution in [-0.4, -0.2) is 40.5 Å². The van der Waals surface area contributed by atoms with Crippen molar-refractivity contribution in [1.82, 2.24) is 4.31 Å². The molecule has 0 radical (unpaired) electrons. The number of carboxylic acids is 1. The monoisotopic (exact) mass is 479 g/mol. The molecule has 178 valence electrons. The van der Waals surface area contributed by atoms with Gasteiger partial charge in [-0.05, 0) is 57.2 Å². The number of carbonyl (C=O) groups is 1. The normalized spacial score (nSPS) is 31.7. The number of rotatable bonds is 5. The van der Waals surface area contributed by atoms with Crippen LogP contribution in [0.15, 0.2) is 42.5 Å². The molecule has 1 heterocycles. The van der Waals surface area contributed by atoms with E-state index in [1.165, 1.54) is 11.2 Å². The largest absolute Gasteiger partial charge is 0.481 e. The molecule has 1 aliphatic heterocycles. The lowest BCUT2D eigenvalue weighted by atomic mass is 9.56. The Bertz CT molecular complexity index is 1170. The molecule has 2 atom stereocenters. The summed E-state index contributed by atoms with van der Waals surface area (Å²) in [7, 11) is -3.84. The number of sulfonamides is 1. The van der Waals surface area contributed by atoms with Crippen LogP contribution in [0.3, 0.4) is 0 Å². The summed E-state index contributed by atoms with van der Waals surface area (Å²) in [5.41, 5.74) is -2.83. The summed E-state index contributed by atoms with van der Waals surface area (Å²) < 4.78 is 58.1. The van der Waals surface area contributed by atoms with Gasteiger partial charge in [-0.1, -0.05) is 30.3 Å². The van der Waals surface area contributed by atoms with Gasteiger partial charge < -0.3 is 10.2 Å². The van der Waals surface area contributed by atoms with Crippen LogP contribution in [0.5, 0.6) is 0 Å². The summed E-state index contributed by atoms with van der Waals surface area (Å²) in [5, 5.41) is 18.9. The fraction of sp³-hybridized carbons (Fsp3) is 0.458. The minimum Gasteiger partial charge on any atom is -0.481 e. The van der Waals surface area contributed by atoms with Crippen LogP contribution in [0.4, 0.5) is 8.78 Å². The van der Waals surface area contributed by atoms with Crippen molar-refractivity contribution in [2.45, 2.75) is 68.4 Å². The molecular formula is C24H27F2NO5S. The van der Waals surface area contributed by atoms with E-state index in [1.54, 1.807) is 37.3 Å². The fourth-order valence-corrected chi connectivity index (χ4v) is 7.49. The lowest BCUT2D eigenvalue weighted by Gasteiger charge is -2.49. The maximum Gasteiger partial charge on any atom is 0.314 e. The van der Waals surface area contributed by atoms with Crippen molar-refractivity contribution in [3.8, 4) is 0 Å². The Balaban J connectivity index is 1.66. The SMILES string of the molecule is C[C@H]1CC[C@H](c2ccccc2)S(=O)(=O)N1Cc1cc(F)c([C@]2(C(=O)O)C[C@](C)(O)C2)cc1F. The molecular weight excluding hydrogens is 452 g/mol. The van der Waals surface area contributed by atoms with Crippen LogP contribution in [0.1, 0.15) is 61.5 Å². The zero-order valence-corrected chi connectivity index (χ0v) is 19.3. The molecule has 1 saturated carbocycles. The Morgan fingerprint density at radius 2 is 1.76 bits per heavy atom. The van der Waals surface area contributed by atoms with Crippen LogP contribution < -0.4 is 0 Å². The Hall–Kier alpha value is -2.36. The summed E-state index contributed by atoms with van der Waals surface area (Å²) in [5.74, 6) is -3.13. The van der Waals surface area contributed by atoms with Gasteiger partial charge in [0.05, 0.1) is 5.60 Å². The number of benzene rings is 2. The summed E-state index contributed by atoms with van der Waals surface area (Å²) >= 11 is 0. The van der Waals surface area contributed by atoms with Gasteiger partial charge in [0.25, 0.3) is 0 Å². The van der Waals surface area contributed by atoms with E-state index in [2.05, 4.69) is 0 Å². The molecule has 9 heteroatoms. The first-order valence-electron chi connectivity index (χ1n) is 10.9. The van der Waals surface area contributed by atoms with E-state index < -0.39 is 49.9 Å². The third-order valence-electron chi connectivity index (χ3n) is 6.95.